The van der Waals surface area contributed by atoms with Crippen molar-refractivity contribution in [2.45, 2.75) is 13.3 Å². The summed E-state index contributed by atoms with van der Waals surface area (Å²) in [7, 11) is 1.84. The number of hydrogen-bond donors (Lipinski definition) is 1. The Kier molecular flexibility index (Phi) is 6.02. The Morgan fingerprint density at radius 1 is 1.26 bits per heavy atom. The van der Waals surface area contributed by atoms with Gasteiger partial charge in [0.2, 0.25) is 0 Å². The molecule has 0 aliphatic rings. The number of ketones is 1. The van der Waals surface area contributed by atoms with E-state index in [-0.39, 0.29) is 12.2 Å². The van der Waals surface area contributed by atoms with Gasteiger partial charge in [0.1, 0.15) is 12.4 Å². The number of benzene rings is 1. The van der Waals surface area contributed by atoms with Crippen molar-refractivity contribution < 1.29 is 19.4 Å². The van der Waals surface area contributed by atoms with E-state index in [9.17, 15) is 9.59 Å². The molecule has 0 radical (unpaired) electrons. The minimum atomic E-state index is -0.810. The van der Waals surface area contributed by atoms with E-state index in [2.05, 4.69) is 0 Å². The zero-order chi connectivity index (χ0) is 14.3. The molecule has 0 atom stereocenters. The van der Waals surface area contributed by atoms with E-state index in [1.54, 1.807) is 18.2 Å². The molecule has 1 aromatic rings. The maximum absolute atomic E-state index is 11.4. The summed E-state index contributed by atoms with van der Waals surface area (Å²) >= 11 is 0. The van der Waals surface area contributed by atoms with E-state index in [0.29, 0.717) is 31.0 Å². The van der Waals surface area contributed by atoms with Crippen LogP contribution in [0.3, 0.4) is 0 Å². The lowest BCUT2D eigenvalue weighted by Gasteiger charge is -2.16. The fourth-order valence-electron chi connectivity index (χ4n) is 1.59. The number of likely N-dealkylation sites (N-methyl/N-ethyl adjacent to an activating group) is 1. The lowest BCUT2D eigenvalue weighted by molar-refractivity contribution is -0.137. The summed E-state index contributed by atoms with van der Waals surface area (Å²) in [4.78, 5) is 23.7. The topological polar surface area (TPSA) is 66.8 Å². The van der Waals surface area contributed by atoms with Crippen molar-refractivity contribution in [3.63, 3.8) is 0 Å². The van der Waals surface area contributed by atoms with E-state index >= 15 is 0 Å². The fraction of sp³-hybridized carbons (Fsp3) is 0.429. The largest absolute Gasteiger partial charge is 0.491 e. The lowest BCUT2D eigenvalue weighted by Crippen LogP contribution is -2.26. The minimum absolute atomic E-state index is 0.0326. The zero-order valence-corrected chi connectivity index (χ0v) is 11.3. The molecule has 0 unspecified atom stereocenters. The molecular weight excluding hydrogens is 246 g/mol. The van der Waals surface area contributed by atoms with Crippen LogP contribution in [0.2, 0.25) is 0 Å². The molecule has 19 heavy (non-hydrogen) atoms. The third-order valence-corrected chi connectivity index (χ3v) is 2.70. The molecular formula is C14H19NO4. The van der Waals surface area contributed by atoms with Gasteiger partial charge in [0.25, 0.3) is 0 Å². The van der Waals surface area contributed by atoms with Crippen molar-refractivity contribution in [3.8, 4) is 5.75 Å². The van der Waals surface area contributed by atoms with Crippen LogP contribution >= 0.6 is 0 Å². The van der Waals surface area contributed by atoms with Crippen molar-refractivity contribution in [1.82, 2.24) is 4.90 Å². The molecule has 0 aliphatic heterocycles. The van der Waals surface area contributed by atoms with Crippen LogP contribution in [0, 0.1) is 0 Å². The lowest BCUT2D eigenvalue weighted by atomic mass is 10.1. The van der Waals surface area contributed by atoms with E-state index in [1.807, 2.05) is 18.0 Å². The van der Waals surface area contributed by atoms with E-state index < -0.39 is 5.97 Å². The maximum Gasteiger partial charge on any atom is 0.304 e. The molecule has 1 aromatic carbocycles. The first kappa shape index (κ1) is 15.2. The number of aliphatic carboxylic acids is 1. The first-order valence-electron chi connectivity index (χ1n) is 6.14. The van der Waals surface area contributed by atoms with Crippen LogP contribution in [0.25, 0.3) is 0 Å². The molecule has 0 fully saturated rings. The Balaban J connectivity index is 2.41. The van der Waals surface area contributed by atoms with Gasteiger partial charge in [-0.15, -0.1) is 0 Å². The second kappa shape index (κ2) is 7.53. The van der Waals surface area contributed by atoms with Gasteiger partial charge in [-0.3, -0.25) is 9.59 Å². The van der Waals surface area contributed by atoms with E-state index in [1.165, 1.54) is 6.92 Å². The van der Waals surface area contributed by atoms with Gasteiger partial charge in [0, 0.05) is 13.1 Å². The summed E-state index contributed by atoms with van der Waals surface area (Å²) in [6.45, 7) is 3.01. The minimum Gasteiger partial charge on any atom is -0.491 e. The fourth-order valence-corrected chi connectivity index (χ4v) is 1.59. The van der Waals surface area contributed by atoms with Crippen molar-refractivity contribution in [1.29, 1.82) is 0 Å². The average Bonchev–Trinajstić information content (AvgIpc) is 2.36. The quantitative estimate of drug-likeness (QED) is 0.724. The summed E-state index contributed by atoms with van der Waals surface area (Å²) < 4.78 is 5.57. The van der Waals surface area contributed by atoms with Gasteiger partial charge >= 0.3 is 5.97 Å². The highest BCUT2D eigenvalue weighted by atomic mass is 16.5. The van der Waals surface area contributed by atoms with Crippen molar-refractivity contribution >= 4 is 11.8 Å². The van der Waals surface area contributed by atoms with Crippen LogP contribution in [0.5, 0.6) is 5.75 Å². The molecule has 5 heteroatoms. The summed E-state index contributed by atoms with van der Waals surface area (Å²) in [6, 6.07) is 7.10. The molecule has 0 amide bonds. The number of carboxylic acid groups (broad SMARTS) is 1. The van der Waals surface area contributed by atoms with Gasteiger partial charge in [-0.05, 0) is 26.1 Å². The van der Waals surface area contributed by atoms with Gasteiger partial charge in [0.15, 0.2) is 5.78 Å². The number of carbonyl (C=O) groups excluding carboxylic acids is 1. The van der Waals surface area contributed by atoms with Gasteiger partial charge in [0.05, 0.1) is 12.0 Å². The molecule has 1 rings (SSSR count). The Morgan fingerprint density at radius 2 is 1.95 bits per heavy atom. The predicted molar refractivity (Wildman–Crippen MR) is 71.7 cm³/mol. The molecule has 1 N–H and O–H groups in total. The standard InChI is InChI=1S/C14H19NO4/c1-11(16)12-5-3-4-6-13(12)19-10-9-15(2)8-7-14(17)18/h3-6H,7-10H2,1-2H3,(H,17,18). The number of carbonyl (C=O) groups is 2. The number of Topliss-reactive ketones (excluding diaryl/α,β-unsaturated/α-hetero) is 1. The second-order valence-electron chi connectivity index (χ2n) is 4.35. The third-order valence-electron chi connectivity index (χ3n) is 2.70. The monoisotopic (exact) mass is 265 g/mol. The number of hydrogen-bond acceptors (Lipinski definition) is 4. The second-order valence-corrected chi connectivity index (χ2v) is 4.35. The Morgan fingerprint density at radius 3 is 2.58 bits per heavy atom. The van der Waals surface area contributed by atoms with E-state index in [0.717, 1.165) is 0 Å². The molecule has 0 heterocycles. The van der Waals surface area contributed by atoms with E-state index in [4.69, 9.17) is 9.84 Å². The van der Waals surface area contributed by atoms with Crippen LogP contribution in [0.15, 0.2) is 24.3 Å². The van der Waals surface area contributed by atoms with Gasteiger partial charge < -0.3 is 14.7 Å². The van der Waals surface area contributed by atoms with Gasteiger partial charge in [-0.2, -0.15) is 0 Å². The Hall–Kier alpha value is -1.88. The van der Waals surface area contributed by atoms with Crippen LogP contribution in [-0.4, -0.2) is 48.5 Å². The molecule has 0 saturated carbocycles. The number of carboxylic acids is 1. The first-order chi connectivity index (χ1) is 9.00. The third kappa shape index (κ3) is 5.52. The molecule has 0 spiro atoms. The summed E-state index contributed by atoms with van der Waals surface area (Å²) in [6.07, 6.45) is 0.112. The number of ether oxygens (including phenoxy) is 1. The molecule has 104 valence electrons. The Labute approximate surface area is 112 Å². The smallest absolute Gasteiger partial charge is 0.304 e. The normalized spacial score (nSPS) is 10.5. The summed E-state index contributed by atoms with van der Waals surface area (Å²) in [5.74, 6) is -0.272. The van der Waals surface area contributed by atoms with Gasteiger partial charge in [-0.25, -0.2) is 0 Å². The van der Waals surface area contributed by atoms with Crippen molar-refractivity contribution in [3.05, 3.63) is 29.8 Å². The molecule has 5 nitrogen and oxygen atoms in total. The summed E-state index contributed by atoms with van der Waals surface area (Å²) in [5.41, 5.74) is 0.565. The predicted octanol–water partition coefficient (Wildman–Crippen LogP) is 1.67. The molecule has 0 saturated heterocycles. The summed E-state index contributed by atoms with van der Waals surface area (Å²) in [5, 5.41) is 8.57. The Bertz CT molecular complexity index is 445. The number of nitrogens with zero attached hydrogens (tertiary/aromatic N) is 1. The maximum atomic E-state index is 11.4. The SMILES string of the molecule is CC(=O)c1ccccc1OCCN(C)CCC(=O)O. The van der Waals surface area contributed by atoms with Crippen molar-refractivity contribution in [2.75, 3.05) is 26.7 Å². The molecule has 0 bridgehead atoms. The molecule has 0 aromatic heterocycles. The number of rotatable bonds is 8. The van der Waals surface area contributed by atoms with Gasteiger partial charge in [-0.1, -0.05) is 12.1 Å². The average molecular weight is 265 g/mol. The van der Waals surface area contributed by atoms with Crippen LogP contribution in [-0.2, 0) is 4.79 Å². The highest BCUT2D eigenvalue weighted by molar-refractivity contribution is 5.96. The van der Waals surface area contributed by atoms with Crippen LogP contribution < -0.4 is 4.74 Å². The zero-order valence-electron chi connectivity index (χ0n) is 11.3. The van der Waals surface area contributed by atoms with Crippen molar-refractivity contribution in [2.24, 2.45) is 0 Å². The first-order valence-corrected chi connectivity index (χ1v) is 6.14. The number of para-hydroxylation sites is 1. The van der Waals surface area contributed by atoms with Crippen LogP contribution in [0.1, 0.15) is 23.7 Å². The highest BCUT2D eigenvalue weighted by Crippen LogP contribution is 2.18. The van der Waals surface area contributed by atoms with Crippen LogP contribution in [0.4, 0.5) is 0 Å². The molecule has 0 aliphatic carbocycles. The highest BCUT2D eigenvalue weighted by Gasteiger charge is 2.08.